The predicted octanol–water partition coefficient (Wildman–Crippen LogP) is 2.28. The van der Waals surface area contributed by atoms with Gasteiger partial charge in [0.25, 0.3) is 0 Å². The van der Waals surface area contributed by atoms with Crippen molar-refractivity contribution < 1.29 is 5.11 Å². The highest BCUT2D eigenvalue weighted by molar-refractivity contribution is 5.47. The molecule has 1 aromatic rings. The van der Waals surface area contributed by atoms with Crippen molar-refractivity contribution in [1.82, 2.24) is 0 Å². The first-order valence-corrected chi connectivity index (χ1v) is 5.14. The topological polar surface area (TPSA) is 23.5 Å². The first-order chi connectivity index (χ1) is 6.88. The molecular weight excluding hydrogens is 174 g/mol. The number of aliphatic hydroxyl groups is 1. The summed E-state index contributed by atoms with van der Waals surface area (Å²) in [6.45, 7) is 3.53. The molecule has 0 aliphatic carbocycles. The molecule has 1 aliphatic heterocycles. The Bertz CT molecular complexity index is 248. The molecule has 1 saturated heterocycles. The van der Waals surface area contributed by atoms with Gasteiger partial charge in [-0.25, -0.2) is 0 Å². The van der Waals surface area contributed by atoms with E-state index in [9.17, 15) is 0 Å². The van der Waals surface area contributed by atoms with Crippen LogP contribution in [0, 0.1) is 0 Å². The number of hydrogen-bond donors (Lipinski definition) is 1. The SMILES string of the molecule is CO.C[C@@H]1CCCN1c1ccccc1. The molecule has 1 N–H and O–H groups in total. The van der Waals surface area contributed by atoms with E-state index >= 15 is 0 Å². The fraction of sp³-hybridized carbons (Fsp3) is 0.500. The van der Waals surface area contributed by atoms with E-state index in [1.54, 1.807) is 0 Å². The first-order valence-electron chi connectivity index (χ1n) is 5.14. The third-order valence-corrected chi connectivity index (χ3v) is 2.64. The van der Waals surface area contributed by atoms with Crippen LogP contribution in [0.2, 0.25) is 0 Å². The molecular formula is C12H19NO. The van der Waals surface area contributed by atoms with Gasteiger partial charge in [0.1, 0.15) is 0 Å². The van der Waals surface area contributed by atoms with E-state index in [1.807, 2.05) is 0 Å². The molecule has 1 aromatic carbocycles. The first kappa shape index (κ1) is 11.1. The van der Waals surface area contributed by atoms with Crippen molar-refractivity contribution in [3.05, 3.63) is 30.3 Å². The van der Waals surface area contributed by atoms with Gasteiger partial charge in [-0.15, -0.1) is 0 Å². The lowest BCUT2D eigenvalue weighted by molar-refractivity contribution is 0.399. The van der Waals surface area contributed by atoms with Crippen LogP contribution in [0.4, 0.5) is 5.69 Å². The summed E-state index contributed by atoms with van der Waals surface area (Å²) in [6, 6.07) is 11.4. The van der Waals surface area contributed by atoms with Crippen molar-refractivity contribution in [2.45, 2.75) is 25.8 Å². The van der Waals surface area contributed by atoms with E-state index < -0.39 is 0 Å². The van der Waals surface area contributed by atoms with E-state index in [0.29, 0.717) is 0 Å². The minimum absolute atomic E-state index is 0.729. The molecule has 1 aliphatic rings. The molecule has 0 unspecified atom stereocenters. The van der Waals surface area contributed by atoms with E-state index in [4.69, 9.17) is 5.11 Å². The van der Waals surface area contributed by atoms with Gasteiger partial charge in [-0.1, -0.05) is 18.2 Å². The van der Waals surface area contributed by atoms with Crippen molar-refractivity contribution in [3.63, 3.8) is 0 Å². The van der Waals surface area contributed by atoms with Gasteiger partial charge in [-0.2, -0.15) is 0 Å². The summed E-state index contributed by atoms with van der Waals surface area (Å²) >= 11 is 0. The van der Waals surface area contributed by atoms with Gasteiger partial charge in [0, 0.05) is 25.4 Å². The Morgan fingerprint density at radius 1 is 1.21 bits per heavy atom. The van der Waals surface area contributed by atoms with E-state index in [-0.39, 0.29) is 0 Å². The quantitative estimate of drug-likeness (QED) is 0.739. The Labute approximate surface area is 86.2 Å². The van der Waals surface area contributed by atoms with Gasteiger partial charge in [0.15, 0.2) is 0 Å². The summed E-state index contributed by atoms with van der Waals surface area (Å²) in [7, 11) is 1.00. The molecule has 0 radical (unpaired) electrons. The Morgan fingerprint density at radius 3 is 2.36 bits per heavy atom. The smallest absolute Gasteiger partial charge is 0.0368 e. The summed E-state index contributed by atoms with van der Waals surface area (Å²) in [6.07, 6.45) is 2.69. The van der Waals surface area contributed by atoms with Gasteiger partial charge in [0.2, 0.25) is 0 Å². The lowest BCUT2D eigenvalue weighted by Gasteiger charge is -2.23. The third kappa shape index (κ3) is 2.48. The van der Waals surface area contributed by atoms with Crippen molar-refractivity contribution >= 4 is 5.69 Å². The summed E-state index contributed by atoms with van der Waals surface area (Å²) < 4.78 is 0. The third-order valence-electron chi connectivity index (χ3n) is 2.64. The zero-order valence-electron chi connectivity index (χ0n) is 8.98. The van der Waals surface area contributed by atoms with Crippen LogP contribution in [0.25, 0.3) is 0 Å². The van der Waals surface area contributed by atoms with Crippen molar-refractivity contribution in [2.75, 3.05) is 18.6 Å². The number of anilines is 1. The summed E-state index contributed by atoms with van der Waals surface area (Å²) in [5, 5.41) is 7.00. The second kappa shape index (κ2) is 5.66. The zero-order valence-corrected chi connectivity index (χ0v) is 8.98. The second-order valence-electron chi connectivity index (χ2n) is 3.52. The minimum Gasteiger partial charge on any atom is -0.400 e. The van der Waals surface area contributed by atoms with E-state index in [1.165, 1.54) is 25.1 Å². The Kier molecular flexibility index (Phi) is 4.47. The number of para-hydroxylation sites is 1. The van der Waals surface area contributed by atoms with Crippen LogP contribution in [-0.4, -0.2) is 24.8 Å². The Balaban J connectivity index is 0.000000461. The number of hydrogen-bond acceptors (Lipinski definition) is 2. The van der Waals surface area contributed by atoms with Crippen molar-refractivity contribution in [3.8, 4) is 0 Å². The normalized spacial score (nSPS) is 20.2. The van der Waals surface area contributed by atoms with Gasteiger partial charge in [0.05, 0.1) is 0 Å². The molecule has 2 nitrogen and oxygen atoms in total. The fourth-order valence-corrected chi connectivity index (χ4v) is 1.94. The Hall–Kier alpha value is -1.02. The van der Waals surface area contributed by atoms with Crippen LogP contribution in [0.3, 0.4) is 0 Å². The maximum atomic E-state index is 7.00. The predicted molar refractivity (Wildman–Crippen MR) is 60.6 cm³/mol. The van der Waals surface area contributed by atoms with Crippen LogP contribution >= 0.6 is 0 Å². The minimum atomic E-state index is 0.729. The van der Waals surface area contributed by atoms with Gasteiger partial charge in [-0.3, -0.25) is 0 Å². The highest BCUT2D eigenvalue weighted by atomic mass is 16.2. The summed E-state index contributed by atoms with van der Waals surface area (Å²) in [4.78, 5) is 2.49. The summed E-state index contributed by atoms with van der Waals surface area (Å²) in [5.41, 5.74) is 1.38. The highest BCUT2D eigenvalue weighted by Crippen LogP contribution is 2.24. The van der Waals surface area contributed by atoms with Crippen LogP contribution in [0.15, 0.2) is 30.3 Å². The molecule has 14 heavy (non-hydrogen) atoms. The molecule has 0 bridgehead atoms. The van der Waals surface area contributed by atoms with Crippen molar-refractivity contribution in [1.29, 1.82) is 0 Å². The van der Waals surface area contributed by atoms with E-state index in [2.05, 4.69) is 42.2 Å². The maximum Gasteiger partial charge on any atom is 0.0368 e. The number of rotatable bonds is 1. The van der Waals surface area contributed by atoms with Crippen LogP contribution in [-0.2, 0) is 0 Å². The van der Waals surface area contributed by atoms with Crippen molar-refractivity contribution in [2.24, 2.45) is 0 Å². The monoisotopic (exact) mass is 193 g/mol. The molecule has 0 amide bonds. The maximum absolute atomic E-state index is 7.00. The van der Waals surface area contributed by atoms with Crippen LogP contribution < -0.4 is 4.90 Å². The number of benzene rings is 1. The van der Waals surface area contributed by atoms with Gasteiger partial charge < -0.3 is 10.0 Å². The van der Waals surface area contributed by atoms with E-state index in [0.717, 1.165) is 13.2 Å². The molecule has 0 aromatic heterocycles. The number of aliphatic hydroxyl groups excluding tert-OH is 1. The standard InChI is InChI=1S/C11H15N.CH4O/c1-10-6-5-9-12(10)11-7-3-2-4-8-11;1-2/h2-4,7-8,10H,5-6,9H2,1H3;2H,1H3/t10-;/m1./s1. The molecule has 1 fully saturated rings. The average Bonchev–Trinajstić information content (AvgIpc) is 2.69. The fourth-order valence-electron chi connectivity index (χ4n) is 1.94. The molecule has 2 rings (SSSR count). The number of nitrogens with zero attached hydrogens (tertiary/aromatic N) is 1. The molecule has 0 saturated carbocycles. The van der Waals surface area contributed by atoms with Crippen LogP contribution in [0.5, 0.6) is 0 Å². The zero-order chi connectivity index (χ0) is 10.4. The lowest BCUT2D eigenvalue weighted by Crippen LogP contribution is -2.25. The molecule has 2 heteroatoms. The molecule has 78 valence electrons. The lowest BCUT2D eigenvalue weighted by atomic mass is 10.2. The molecule has 1 atom stereocenters. The molecule has 0 spiro atoms. The second-order valence-corrected chi connectivity index (χ2v) is 3.52. The van der Waals surface area contributed by atoms with Crippen LogP contribution in [0.1, 0.15) is 19.8 Å². The Morgan fingerprint density at radius 2 is 1.86 bits per heavy atom. The highest BCUT2D eigenvalue weighted by Gasteiger charge is 2.19. The molecule has 1 heterocycles. The summed E-state index contributed by atoms with van der Waals surface area (Å²) in [5.74, 6) is 0. The largest absolute Gasteiger partial charge is 0.400 e. The average molecular weight is 193 g/mol. The van der Waals surface area contributed by atoms with Gasteiger partial charge >= 0.3 is 0 Å². The van der Waals surface area contributed by atoms with Gasteiger partial charge in [-0.05, 0) is 31.9 Å².